The first-order valence-electron chi connectivity index (χ1n) is 8.00. The van der Waals surface area contributed by atoms with Crippen molar-refractivity contribution in [3.05, 3.63) is 28.8 Å². The molecule has 3 rings (SSSR count). The minimum atomic E-state index is -0.994. The lowest BCUT2D eigenvalue weighted by Gasteiger charge is -2.40. The molecule has 1 aromatic carbocycles. The number of carboxylic acid groups (broad SMARTS) is 1. The summed E-state index contributed by atoms with van der Waals surface area (Å²) < 4.78 is 11.7. The number of morpholine rings is 1. The predicted molar refractivity (Wildman–Crippen MR) is 87.4 cm³/mol. The molecule has 0 spiro atoms. The maximum absolute atomic E-state index is 10.9. The Balaban J connectivity index is 1.50. The first-order valence-corrected chi connectivity index (χ1v) is 8.38. The van der Waals surface area contributed by atoms with Gasteiger partial charge in [-0.1, -0.05) is 11.6 Å². The van der Waals surface area contributed by atoms with Crippen LogP contribution in [0.3, 0.4) is 0 Å². The van der Waals surface area contributed by atoms with Gasteiger partial charge in [0.1, 0.15) is 12.4 Å². The zero-order chi connectivity index (χ0) is 16.4. The zero-order valence-corrected chi connectivity index (χ0v) is 14.0. The second kappa shape index (κ2) is 6.67. The van der Waals surface area contributed by atoms with E-state index in [2.05, 4.69) is 11.8 Å². The summed E-state index contributed by atoms with van der Waals surface area (Å²) in [6.45, 7) is 6.15. The SMILES string of the molecule is CC1(C2CC2)CN(CCOc2ccc(C(=O)O)cc2Cl)CCO1. The van der Waals surface area contributed by atoms with E-state index in [1.165, 1.54) is 25.0 Å². The van der Waals surface area contributed by atoms with E-state index < -0.39 is 5.97 Å². The normalized spacial score (nSPS) is 25.3. The molecule has 1 aliphatic heterocycles. The Kier molecular flexibility index (Phi) is 4.80. The summed E-state index contributed by atoms with van der Waals surface area (Å²) in [4.78, 5) is 13.3. The van der Waals surface area contributed by atoms with Gasteiger partial charge in [-0.05, 0) is 43.9 Å². The number of halogens is 1. The number of hydrogen-bond donors (Lipinski definition) is 1. The van der Waals surface area contributed by atoms with Gasteiger partial charge >= 0.3 is 5.97 Å². The highest BCUT2D eigenvalue weighted by molar-refractivity contribution is 6.32. The Bertz CT molecular complexity index is 590. The molecule has 0 bridgehead atoms. The van der Waals surface area contributed by atoms with E-state index in [0.29, 0.717) is 23.3 Å². The molecule has 0 amide bonds. The topological polar surface area (TPSA) is 59.0 Å². The summed E-state index contributed by atoms with van der Waals surface area (Å²) in [6, 6.07) is 4.53. The van der Waals surface area contributed by atoms with Crippen LogP contribution in [0.2, 0.25) is 5.02 Å². The number of carbonyl (C=O) groups is 1. The molecule has 1 saturated heterocycles. The first kappa shape index (κ1) is 16.6. The summed E-state index contributed by atoms with van der Waals surface area (Å²) in [7, 11) is 0. The highest BCUT2D eigenvalue weighted by atomic mass is 35.5. The number of benzene rings is 1. The van der Waals surface area contributed by atoms with Crippen molar-refractivity contribution < 1.29 is 19.4 Å². The van der Waals surface area contributed by atoms with Crippen molar-refractivity contribution in [1.82, 2.24) is 4.90 Å². The number of rotatable bonds is 6. The van der Waals surface area contributed by atoms with Crippen LogP contribution in [0.15, 0.2) is 18.2 Å². The maximum atomic E-state index is 10.9. The Morgan fingerprint density at radius 1 is 1.52 bits per heavy atom. The largest absolute Gasteiger partial charge is 0.491 e. The molecule has 1 N–H and O–H groups in total. The van der Waals surface area contributed by atoms with E-state index in [9.17, 15) is 4.79 Å². The standard InChI is InChI=1S/C17H22ClNO4/c1-17(13-3-4-13)11-19(7-9-23-17)6-8-22-15-5-2-12(16(20)21)10-14(15)18/h2,5,10,13H,3-4,6-9,11H2,1H3,(H,20,21). The van der Waals surface area contributed by atoms with Crippen LogP contribution in [0.4, 0.5) is 0 Å². The molecule has 0 radical (unpaired) electrons. The molecule has 1 unspecified atom stereocenters. The first-order chi connectivity index (χ1) is 11.0. The summed E-state index contributed by atoms with van der Waals surface area (Å²) in [5.74, 6) is 0.227. The van der Waals surface area contributed by atoms with Crippen LogP contribution in [0.1, 0.15) is 30.1 Å². The highest BCUT2D eigenvalue weighted by Gasteiger charge is 2.45. The molecule has 126 valence electrons. The van der Waals surface area contributed by atoms with E-state index >= 15 is 0 Å². The van der Waals surface area contributed by atoms with Gasteiger partial charge < -0.3 is 14.6 Å². The van der Waals surface area contributed by atoms with Crippen molar-refractivity contribution in [2.24, 2.45) is 5.92 Å². The Morgan fingerprint density at radius 3 is 2.96 bits per heavy atom. The minimum absolute atomic E-state index is 0.0149. The van der Waals surface area contributed by atoms with Crippen molar-refractivity contribution in [3.63, 3.8) is 0 Å². The maximum Gasteiger partial charge on any atom is 0.335 e. The Morgan fingerprint density at radius 2 is 2.30 bits per heavy atom. The fraction of sp³-hybridized carbons (Fsp3) is 0.588. The number of carboxylic acids is 1. The lowest BCUT2D eigenvalue weighted by Crippen LogP contribution is -2.52. The van der Waals surface area contributed by atoms with Crippen molar-refractivity contribution in [2.45, 2.75) is 25.4 Å². The number of hydrogen-bond acceptors (Lipinski definition) is 4. The molecular formula is C17H22ClNO4. The van der Waals surface area contributed by atoms with E-state index in [-0.39, 0.29) is 11.2 Å². The molecule has 1 atom stereocenters. The van der Waals surface area contributed by atoms with Gasteiger partial charge in [-0.25, -0.2) is 4.79 Å². The van der Waals surface area contributed by atoms with Crippen LogP contribution in [-0.4, -0.2) is 54.4 Å². The van der Waals surface area contributed by atoms with Gasteiger partial charge in [0.25, 0.3) is 0 Å². The number of ether oxygens (including phenoxy) is 2. The number of nitrogens with zero attached hydrogens (tertiary/aromatic N) is 1. The predicted octanol–water partition coefficient (Wildman–Crippen LogP) is 2.92. The second-order valence-corrected chi connectivity index (χ2v) is 6.92. The quantitative estimate of drug-likeness (QED) is 0.863. The fourth-order valence-electron chi connectivity index (χ4n) is 3.14. The molecule has 5 nitrogen and oxygen atoms in total. The Hall–Kier alpha value is -1.30. The van der Waals surface area contributed by atoms with Gasteiger partial charge in [0.15, 0.2) is 0 Å². The fourth-order valence-corrected chi connectivity index (χ4v) is 3.38. The zero-order valence-electron chi connectivity index (χ0n) is 13.3. The summed E-state index contributed by atoms with van der Waals surface area (Å²) in [6.07, 6.45) is 2.54. The molecular weight excluding hydrogens is 318 g/mol. The van der Waals surface area contributed by atoms with E-state index in [1.807, 2.05) is 0 Å². The van der Waals surface area contributed by atoms with Crippen molar-refractivity contribution in [2.75, 3.05) is 32.8 Å². The van der Waals surface area contributed by atoms with Crippen molar-refractivity contribution in [3.8, 4) is 5.75 Å². The van der Waals surface area contributed by atoms with Gasteiger partial charge in [0.2, 0.25) is 0 Å². The average Bonchev–Trinajstić information content (AvgIpc) is 3.34. The highest BCUT2D eigenvalue weighted by Crippen LogP contribution is 2.43. The molecule has 2 fully saturated rings. The van der Waals surface area contributed by atoms with E-state index in [1.54, 1.807) is 6.07 Å². The third-order valence-corrected chi connectivity index (χ3v) is 4.96. The lowest BCUT2D eigenvalue weighted by atomic mass is 9.98. The monoisotopic (exact) mass is 339 g/mol. The van der Waals surface area contributed by atoms with Crippen LogP contribution in [-0.2, 0) is 4.74 Å². The summed E-state index contributed by atoms with van der Waals surface area (Å²) in [5, 5.41) is 9.26. The lowest BCUT2D eigenvalue weighted by molar-refractivity contribution is -0.112. The molecule has 1 aliphatic carbocycles. The molecule has 2 aliphatic rings. The third kappa shape index (κ3) is 3.97. The molecule has 1 aromatic rings. The number of aromatic carboxylic acids is 1. The molecule has 0 aromatic heterocycles. The second-order valence-electron chi connectivity index (χ2n) is 6.51. The molecule has 1 heterocycles. The summed E-state index contributed by atoms with van der Waals surface area (Å²) >= 11 is 6.07. The van der Waals surface area contributed by atoms with Gasteiger partial charge in [0.05, 0.1) is 22.8 Å². The van der Waals surface area contributed by atoms with Crippen LogP contribution in [0, 0.1) is 5.92 Å². The summed E-state index contributed by atoms with van der Waals surface area (Å²) in [5.41, 5.74) is 0.148. The van der Waals surface area contributed by atoms with Gasteiger partial charge in [-0.3, -0.25) is 4.90 Å². The van der Waals surface area contributed by atoms with Gasteiger partial charge in [0, 0.05) is 19.6 Å². The van der Waals surface area contributed by atoms with Crippen molar-refractivity contribution >= 4 is 17.6 Å². The van der Waals surface area contributed by atoms with Crippen LogP contribution in [0.25, 0.3) is 0 Å². The smallest absolute Gasteiger partial charge is 0.335 e. The van der Waals surface area contributed by atoms with E-state index in [0.717, 1.165) is 26.2 Å². The minimum Gasteiger partial charge on any atom is -0.491 e. The van der Waals surface area contributed by atoms with E-state index in [4.69, 9.17) is 26.2 Å². The van der Waals surface area contributed by atoms with Crippen molar-refractivity contribution in [1.29, 1.82) is 0 Å². The van der Waals surface area contributed by atoms with Crippen LogP contribution < -0.4 is 4.74 Å². The van der Waals surface area contributed by atoms with Gasteiger partial charge in [-0.2, -0.15) is 0 Å². The average molecular weight is 340 g/mol. The molecule has 1 saturated carbocycles. The molecule has 6 heteroatoms. The van der Waals surface area contributed by atoms with Gasteiger partial charge in [-0.15, -0.1) is 0 Å². The van der Waals surface area contributed by atoms with Crippen LogP contribution >= 0.6 is 11.6 Å². The Labute approximate surface area is 141 Å². The van der Waals surface area contributed by atoms with Crippen LogP contribution in [0.5, 0.6) is 5.75 Å². The molecule has 23 heavy (non-hydrogen) atoms. The third-order valence-electron chi connectivity index (χ3n) is 4.66.